The Kier molecular flexibility index (Phi) is 4.42. The number of carbonyl (C=O) groups is 2. The van der Waals surface area contributed by atoms with E-state index in [1.165, 1.54) is 0 Å². The number of amides is 2. The molecule has 9 nitrogen and oxygen atoms in total. The predicted molar refractivity (Wildman–Crippen MR) is 103 cm³/mol. The number of benzene rings is 2. The van der Waals surface area contributed by atoms with Crippen molar-refractivity contribution < 1.29 is 18.8 Å². The van der Waals surface area contributed by atoms with Crippen LogP contribution < -0.4 is 21.5 Å². The van der Waals surface area contributed by atoms with E-state index >= 15 is 0 Å². The molecule has 0 saturated heterocycles. The molecule has 0 spiro atoms. The van der Waals surface area contributed by atoms with E-state index in [4.69, 9.17) is 10.5 Å². The third-order valence-electron chi connectivity index (χ3n) is 4.75. The van der Waals surface area contributed by atoms with Gasteiger partial charge < -0.3 is 15.8 Å². The van der Waals surface area contributed by atoms with Gasteiger partial charge in [-0.3, -0.25) is 14.1 Å². The van der Waals surface area contributed by atoms with Gasteiger partial charge in [-0.2, -0.15) is 0 Å². The maximum atomic E-state index is 12.0. The summed E-state index contributed by atoms with van der Waals surface area (Å²) < 4.78 is 11.7. The monoisotopic (exact) mass is 394 g/mol. The van der Waals surface area contributed by atoms with Crippen molar-refractivity contribution >= 4 is 11.8 Å². The fourth-order valence-corrected chi connectivity index (χ4v) is 3.44. The van der Waals surface area contributed by atoms with E-state index in [2.05, 4.69) is 15.0 Å². The summed E-state index contributed by atoms with van der Waals surface area (Å²) in [5.74, 6) is -0.824. The molecule has 2 amide bonds. The van der Waals surface area contributed by atoms with Crippen LogP contribution >= 0.6 is 0 Å². The van der Waals surface area contributed by atoms with E-state index in [1.807, 2.05) is 19.9 Å². The van der Waals surface area contributed by atoms with Gasteiger partial charge in [-0.25, -0.2) is 9.36 Å². The highest BCUT2D eigenvalue weighted by Gasteiger charge is 2.20. The molecule has 0 saturated carbocycles. The molecule has 9 heteroatoms. The summed E-state index contributed by atoms with van der Waals surface area (Å²) in [6.45, 7) is 4.23. The van der Waals surface area contributed by atoms with Gasteiger partial charge in [0.2, 0.25) is 5.82 Å². The van der Waals surface area contributed by atoms with E-state index in [0.717, 1.165) is 27.7 Å². The standard InChI is InChI=1S/C20H18N4O5/c1-10-7-13(24-18(17(21)25)23-29-20(24)27)8-11(2)16(10)28-14-3-4-15-12(9-14)5-6-22-19(15)26/h3-4,7-9H,5-6H2,1-2H3,(H2,21,25)(H,22,26). The zero-order chi connectivity index (χ0) is 20.7. The molecule has 2 aromatic carbocycles. The third-order valence-corrected chi connectivity index (χ3v) is 4.75. The highest BCUT2D eigenvalue weighted by Crippen LogP contribution is 2.32. The zero-order valence-corrected chi connectivity index (χ0v) is 15.8. The minimum absolute atomic E-state index is 0.0843. The number of nitrogens with zero attached hydrogens (tertiary/aromatic N) is 2. The van der Waals surface area contributed by atoms with Gasteiger partial charge in [-0.1, -0.05) is 0 Å². The summed E-state index contributed by atoms with van der Waals surface area (Å²) in [4.78, 5) is 35.4. The van der Waals surface area contributed by atoms with Crippen LogP contribution in [0.4, 0.5) is 0 Å². The van der Waals surface area contributed by atoms with Crippen LogP contribution in [0.25, 0.3) is 5.69 Å². The van der Waals surface area contributed by atoms with Crippen LogP contribution in [0.5, 0.6) is 11.5 Å². The lowest BCUT2D eigenvalue weighted by atomic mass is 10.0. The number of hydrogen-bond donors (Lipinski definition) is 2. The van der Waals surface area contributed by atoms with E-state index in [0.29, 0.717) is 29.3 Å². The lowest BCUT2D eigenvalue weighted by Crippen LogP contribution is -2.31. The molecule has 0 radical (unpaired) electrons. The first-order valence-corrected chi connectivity index (χ1v) is 8.94. The van der Waals surface area contributed by atoms with E-state index in [-0.39, 0.29) is 11.7 Å². The van der Waals surface area contributed by atoms with Gasteiger partial charge >= 0.3 is 5.76 Å². The first-order valence-electron chi connectivity index (χ1n) is 8.94. The van der Waals surface area contributed by atoms with Crippen molar-refractivity contribution in [3.05, 3.63) is 69.0 Å². The zero-order valence-electron chi connectivity index (χ0n) is 15.8. The fraction of sp³-hybridized carbons (Fsp3) is 0.200. The van der Waals surface area contributed by atoms with Crippen molar-refractivity contribution in [2.24, 2.45) is 5.73 Å². The Bertz CT molecular complexity index is 1180. The Hall–Kier alpha value is -3.88. The number of primary amides is 1. The lowest BCUT2D eigenvalue weighted by Gasteiger charge is -2.18. The molecule has 148 valence electrons. The SMILES string of the molecule is Cc1cc(-n2c(C(N)=O)noc2=O)cc(C)c1Oc1ccc2c(c1)CCNC2=O. The van der Waals surface area contributed by atoms with Gasteiger partial charge in [0, 0.05) is 12.1 Å². The minimum Gasteiger partial charge on any atom is -0.457 e. The normalized spacial score (nSPS) is 13.0. The van der Waals surface area contributed by atoms with Gasteiger partial charge in [0.25, 0.3) is 11.8 Å². The Morgan fingerprint density at radius 3 is 2.62 bits per heavy atom. The van der Waals surface area contributed by atoms with Gasteiger partial charge in [0.1, 0.15) is 11.5 Å². The summed E-state index contributed by atoms with van der Waals surface area (Å²) in [6.07, 6.45) is 0.738. The van der Waals surface area contributed by atoms with Crippen molar-refractivity contribution in [3.63, 3.8) is 0 Å². The number of nitrogens with two attached hydrogens (primary N) is 1. The van der Waals surface area contributed by atoms with Gasteiger partial charge in [-0.15, -0.1) is 0 Å². The molecule has 1 aliphatic rings. The van der Waals surface area contributed by atoms with Crippen molar-refractivity contribution in [3.8, 4) is 17.2 Å². The number of nitrogens with one attached hydrogen (secondary N) is 1. The number of rotatable bonds is 4. The molecule has 3 aromatic rings. The maximum Gasteiger partial charge on any atom is 0.446 e. The number of fused-ring (bicyclic) bond motifs is 1. The second kappa shape index (κ2) is 6.93. The molecular weight excluding hydrogens is 376 g/mol. The second-order valence-corrected chi connectivity index (χ2v) is 6.81. The molecule has 4 rings (SSSR count). The quantitative estimate of drug-likeness (QED) is 0.692. The predicted octanol–water partition coefficient (Wildman–Crippen LogP) is 1.62. The van der Waals surface area contributed by atoms with Crippen LogP contribution in [-0.4, -0.2) is 28.1 Å². The van der Waals surface area contributed by atoms with Crippen LogP contribution in [0.1, 0.15) is 37.7 Å². The summed E-state index contributed by atoms with van der Waals surface area (Å²) in [5.41, 5.74) is 8.71. The number of carbonyl (C=O) groups excluding carboxylic acids is 2. The third kappa shape index (κ3) is 3.27. The fourth-order valence-electron chi connectivity index (χ4n) is 3.44. The van der Waals surface area contributed by atoms with Crippen molar-refractivity contribution in [2.45, 2.75) is 20.3 Å². The average Bonchev–Trinajstić information content (AvgIpc) is 3.06. The largest absolute Gasteiger partial charge is 0.457 e. The second-order valence-electron chi connectivity index (χ2n) is 6.81. The van der Waals surface area contributed by atoms with Gasteiger partial charge in [0.05, 0.1) is 5.69 Å². The molecule has 3 N–H and O–H groups in total. The number of hydrogen-bond acceptors (Lipinski definition) is 6. The Morgan fingerprint density at radius 2 is 1.93 bits per heavy atom. The average molecular weight is 394 g/mol. The first-order chi connectivity index (χ1) is 13.8. The van der Waals surface area contributed by atoms with Crippen molar-refractivity contribution in [1.29, 1.82) is 0 Å². The van der Waals surface area contributed by atoms with Crippen molar-refractivity contribution in [2.75, 3.05) is 6.54 Å². The summed E-state index contributed by atoms with van der Waals surface area (Å²) in [5, 5.41) is 6.23. The molecule has 0 bridgehead atoms. The highest BCUT2D eigenvalue weighted by molar-refractivity contribution is 5.96. The topological polar surface area (TPSA) is 129 Å². The minimum atomic E-state index is -0.871. The van der Waals surface area contributed by atoms with E-state index < -0.39 is 11.7 Å². The highest BCUT2D eigenvalue weighted by atomic mass is 16.5. The molecule has 0 unspecified atom stereocenters. The van der Waals surface area contributed by atoms with E-state index in [1.54, 1.807) is 24.3 Å². The van der Waals surface area contributed by atoms with Crippen LogP contribution in [0.3, 0.4) is 0 Å². The van der Waals surface area contributed by atoms with Crippen LogP contribution in [0, 0.1) is 13.8 Å². The number of ether oxygens (including phenoxy) is 1. The Balaban J connectivity index is 1.71. The van der Waals surface area contributed by atoms with Crippen LogP contribution in [-0.2, 0) is 6.42 Å². The summed E-state index contributed by atoms with van der Waals surface area (Å²) in [7, 11) is 0. The van der Waals surface area contributed by atoms with Crippen molar-refractivity contribution in [1.82, 2.24) is 15.0 Å². The van der Waals surface area contributed by atoms with Gasteiger partial charge in [0.15, 0.2) is 0 Å². The maximum absolute atomic E-state index is 12.0. The molecular formula is C20H18N4O5. The Labute approximate surface area is 165 Å². The summed E-state index contributed by atoms with van der Waals surface area (Å²) in [6, 6.07) is 8.70. The number of aromatic nitrogens is 2. The molecule has 29 heavy (non-hydrogen) atoms. The summed E-state index contributed by atoms with van der Waals surface area (Å²) >= 11 is 0. The molecule has 0 fully saturated rings. The molecule has 1 aliphatic heterocycles. The number of aryl methyl sites for hydroxylation is 2. The van der Waals surface area contributed by atoms with Crippen LogP contribution in [0.15, 0.2) is 39.6 Å². The molecule has 1 aromatic heterocycles. The molecule has 0 aliphatic carbocycles. The van der Waals surface area contributed by atoms with E-state index in [9.17, 15) is 14.4 Å². The Morgan fingerprint density at radius 1 is 1.21 bits per heavy atom. The van der Waals surface area contributed by atoms with Crippen LogP contribution in [0.2, 0.25) is 0 Å². The smallest absolute Gasteiger partial charge is 0.446 e. The van der Waals surface area contributed by atoms with Gasteiger partial charge in [-0.05, 0) is 72.4 Å². The molecule has 0 atom stereocenters. The molecule has 2 heterocycles. The lowest BCUT2D eigenvalue weighted by molar-refractivity contribution is 0.0944. The first kappa shape index (κ1) is 18.5.